The summed E-state index contributed by atoms with van der Waals surface area (Å²) in [5.74, 6) is -1.04. The first-order chi connectivity index (χ1) is 13.5. The Hall–Kier alpha value is -2.25. The van der Waals surface area contributed by atoms with Gasteiger partial charge in [-0.15, -0.1) is 0 Å². The van der Waals surface area contributed by atoms with Crippen LogP contribution in [0.4, 0.5) is 45.2 Å². The number of benzene rings is 1. The Balaban J connectivity index is 3.05. The van der Waals surface area contributed by atoms with E-state index in [9.17, 15) is 44.3 Å². The Morgan fingerprint density at radius 1 is 1.00 bits per heavy atom. The fourth-order valence-corrected chi connectivity index (χ4v) is 3.21. The second-order valence-corrected chi connectivity index (χ2v) is 6.83. The zero-order valence-electron chi connectivity index (χ0n) is 14.7. The molecule has 0 atom stereocenters. The first-order valence-corrected chi connectivity index (χ1v) is 8.75. The monoisotopic (exact) mass is 511 g/mol. The van der Waals surface area contributed by atoms with Crippen LogP contribution in [0.15, 0.2) is 21.4 Å². The van der Waals surface area contributed by atoms with E-state index in [4.69, 9.17) is 5.73 Å². The Bertz CT molecular complexity index is 1020. The lowest BCUT2D eigenvalue weighted by molar-refractivity contribution is -0.143. The summed E-state index contributed by atoms with van der Waals surface area (Å²) in [6.07, 6.45) is -15.7. The second kappa shape index (κ2) is 7.78. The molecule has 0 amide bonds. The van der Waals surface area contributed by atoms with Crippen molar-refractivity contribution in [2.24, 2.45) is 0 Å². The van der Waals surface area contributed by atoms with Gasteiger partial charge in [0.25, 0.3) is 5.56 Å². The van der Waals surface area contributed by atoms with Crippen LogP contribution in [0.3, 0.4) is 0 Å². The van der Waals surface area contributed by atoms with Crippen molar-refractivity contribution in [2.45, 2.75) is 38.4 Å². The van der Waals surface area contributed by atoms with E-state index in [1.165, 1.54) is 6.92 Å². The maximum absolute atomic E-state index is 13.3. The average molecular weight is 512 g/mol. The number of anilines is 1. The molecule has 0 aliphatic heterocycles. The SMILES string of the molecule is CCCn1c(-c2cc(C(F)(F)F)cc(C(F)(F)F)c2Br)nc(C(F)(F)F)c(N)c1=O. The number of rotatable bonds is 3. The van der Waals surface area contributed by atoms with E-state index in [1.807, 2.05) is 0 Å². The van der Waals surface area contributed by atoms with E-state index in [-0.39, 0.29) is 25.1 Å². The average Bonchev–Trinajstić information content (AvgIpc) is 2.56. The summed E-state index contributed by atoms with van der Waals surface area (Å²) in [7, 11) is 0. The maximum atomic E-state index is 13.3. The molecule has 14 heteroatoms. The van der Waals surface area contributed by atoms with Gasteiger partial charge < -0.3 is 5.73 Å². The van der Waals surface area contributed by atoms with Gasteiger partial charge in [-0.1, -0.05) is 6.92 Å². The molecular formula is C16H11BrF9N3O. The Kier molecular flexibility index (Phi) is 6.23. The molecule has 2 N–H and O–H groups in total. The molecule has 0 radical (unpaired) electrons. The van der Waals surface area contributed by atoms with E-state index in [0.717, 1.165) is 0 Å². The lowest BCUT2D eigenvalue weighted by atomic mass is 10.0. The maximum Gasteiger partial charge on any atom is 0.435 e. The molecule has 2 rings (SSSR count). The summed E-state index contributed by atoms with van der Waals surface area (Å²) in [6.45, 7) is 1.12. The van der Waals surface area contributed by atoms with Gasteiger partial charge in [-0.05, 0) is 34.5 Å². The summed E-state index contributed by atoms with van der Waals surface area (Å²) in [4.78, 5) is 15.5. The van der Waals surface area contributed by atoms with Crippen LogP contribution in [0.25, 0.3) is 11.4 Å². The highest BCUT2D eigenvalue weighted by atomic mass is 79.9. The van der Waals surface area contributed by atoms with Gasteiger partial charge in [-0.3, -0.25) is 9.36 Å². The lowest BCUT2D eigenvalue weighted by Gasteiger charge is -2.20. The third-order valence-corrected chi connectivity index (χ3v) is 4.72. The highest BCUT2D eigenvalue weighted by Crippen LogP contribution is 2.44. The molecule has 0 aliphatic carbocycles. The number of nitrogens with two attached hydrogens (primary N) is 1. The number of halogens is 10. The summed E-state index contributed by atoms with van der Waals surface area (Å²) in [5.41, 5.74) is -4.04. The number of hydrogen-bond acceptors (Lipinski definition) is 3. The first-order valence-electron chi connectivity index (χ1n) is 7.96. The van der Waals surface area contributed by atoms with Gasteiger partial charge in [-0.25, -0.2) is 4.98 Å². The van der Waals surface area contributed by atoms with Crippen molar-refractivity contribution in [1.29, 1.82) is 0 Å². The molecule has 4 nitrogen and oxygen atoms in total. The third-order valence-electron chi connectivity index (χ3n) is 3.87. The van der Waals surface area contributed by atoms with Crippen LogP contribution in [-0.4, -0.2) is 9.55 Å². The Labute approximate surface area is 170 Å². The molecule has 0 spiro atoms. The van der Waals surface area contributed by atoms with Crippen molar-refractivity contribution >= 4 is 21.6 Å². The fraction of sp³-hybridized carbons (Fsp3) is 0.375. The van der Waals surface area contributed by atoms with Crippen molar-refractivity contribution < 1.29 is 39.5 Å². The van der Waals surface area contributed by atoms with Crippen molar-refractivity contribution in [3.63, 3.8) is 0 Å². The summed E-state index contributed by atoms with van der Waals surface area (Å²) >= 11 is 2.50. The number of nitrogens with zero attached hydrogens (tertiary/aromatic N) is 2. The van der Waals surface area contributed by atoms with Crippen molar-refractivity contribution in [3.8, 4) is 11.4 Å². The number of aromatic nitrogens is 2. The van der Waals surface area contributed by atoms with E-state index in [2.05, 4.69) is 20.9 Å². The van der Waals surface area contributed by atoms with Gasteiger partial charge >= 0.3 is 18.5 Å². The highest BCUT2D eigenvalue weighted by molar-refractivity contribution is 9.10. The fourth-order valence-electron chi connectivity index (χ4n) is 2.58. The van der Waals surface area contributed by atoms with Crippen LogP contribution < -0.4 is 11.3 Å². The molecule has 1 aromatic carbocycles. The van der Waals surface area contributed by atoms with Gasteiger partial charge in [0.15, 0.2) is 5.69 Å². The van der Waals surface area contributed by atoms with Crippen molar-refractivity contribution in [2.75, 3.05) is 5.73 Å². The van der Waals surface area contributed by atoms with Gasteiger partial charge in [-0.2, -0.15) is 39.5 Å². The van der Waals surface area contributed by atoms with E-state index in [0.29, 0.717) is 4.57 Å². The standard InChI is InChI=1S/C16H11BrF9N3O/c1-2-3-29-12(28-11(16(24,25)26)10(27)13(29)30)7-4-6(14(18,19)20)5-8(9(7)17)15(21,22)23/h4-5H,2-3,27H2,1H3. The predicted octanol–water partition coefficient (Wildman–Crippen LogP) is 5.72. The van der Waals surface area contributed by atoms with Crippen LogP contribution in [0.5, 0.6) is 0 Å². The smallest absolute Gasteiger partial charge is 0.392 e. The zero-order chi connectivity index (χ0) is 23.2. The van der Waals surface area contributed by atoms with Crippen molar-refractivity contribution in [1.82, 2.24) is 9.55 Å². The van der Waals surface area contributed by atoms with Crippen LogP contribution in [0, 0.1) is 0 Å². The number of alkyl halides is 9. The van der Waals surface area contributed by atoms with E-state index >= 15 is 0 Å². The summed E-state index contributed by atoms with van der Waals surface area (Å²) in [6, 6.07) is -0.0125. The first kappa shape index (κ1) is 24.0. The predicted molar refractivity (Wildman–Crippen MR) is 91.3 cm³/mol. The Morgan fingerprint density at radius 3 is 2.00 bits per heavy atom. The third kappa shape index (κ3) is 4.57. The molecule has 1 aromatic heterocycles. The Morgan fingerprint density at radius 2 is 1.57 bits per heavy atom. The van der Waals surface area contributed by atoms with Crippen molar-refractivity contribution in [3.05, 3.63) is 43.8 Å². The molecule has 0 aliphatic rings. The summed E-state index contributed by atoms with van der Waals surface area (Å²) in [5, 5.41) is 0. The lowest BCUT2D eigenvalue weighted by Crippen LogP contribution is -2.30. The molecular weight excluding hydrogens is 501 g/mol. The zero-order valence-corrected chi connectivity index (χ0v) is 16.3. The largest absolute Gasteiger partial charge is 0.435 e. The molecule has 0 saturated heterocycles. The van der Waals surface area contributed by atoms with Crippen LogP contribution in [-0.2, 0) is 25.1 Å². The molecule has 166 valence electrons. The van der Waals surface area contributed by atoms with Gasteiger partial charge in [0.05, 0.1) is 11.1 Å². The van der Waals surface area contributed by atoms with Crippen LogP contribution in [0.2, 0.25) is 0 Å². The molecule has 0 bridgehead atoms. The molecule has 1 heterocycles. The van der Waals surface area contributed by atoms with Gasteiger partial charge in [0, 0.05) is 16.6 Å². The summed E-state index contributed by atoms with van der Waals surface area (Å²) < 4.78 is 119. The van der Waals surface area contributed by atoms with Crippen LogP contribution in [0.1, 0.15) is 30.2 Å². The second-order valence-electron chi connectivity index (χ2n) is 6.03. The van der Waals surface area contributed by atoms with E-state index in [1.54, 1.807) is 0 Å². The van der Waals surface area contributed by atoms with E-state index < -0.39 is 62.5 Å². The number of hydrogen-bond donors (Lipinski definition) is 1. The minimum Gasteiger partial charge on any atom is -0.392 e. The molecule has 2 aromatic rings. The molecule has 0 fully saturated rings. The van der Waals surface area contributed by atoms with Gasteiger partial charge in [0.2, 0.25) is 0 Å². The molecule has 0 saturated carbocycles. The molecule has 0 unspecified atom stereocenters. The highest BCUT2D eigenvalue weighted by Gasteiger charge is 2.41. The van der Waals surface area contributed by atoms with Crippen LogP contribution >= 0.6 is 15.9 Å². The quantitative estimate of drug-likeness (QED) is 0.536. The number of nitrogen functional groups attached to an aromatic ring is 1. The van der Waals surface area contributed by atoms with Gasteiger partial charge in [0.1, 0.15) is 11.5 Å². The normalized spacial score (nSPS) is 13.0. The topological polar surface area (TPSA) is 60.9 Å². The molecule has 30 heavy (non-hydrogen) atoms. The minimum atomic E-state index is -5.29. The minimum absolute atomic E-state index is 0.0993.